The van der Waals surface area contributed by atoms with Crippen LogP contribution in [0.3, 0.4) is 0 Å². The van der Waals surface area contributed by atoms with Gasteiger partial charge in [0.05, 0.1) is 16.9 Å². The number of amides is 1. The first kappa shape index (κ1) is 21.1. The molecule has 4 aromatic rings. The van der Waals surface area contributed by atoms with Crippen LogP contribution in [0.25, 0.3) is 10.9 Å². The highest BCUT2D eigenvalue weighted by Crippen LogP contribution is 2.33. The molecule has 0 fully saturated rings. The van der Waals surface area contributed by atoms with Gasteiger partial charge in [-0.05, 0) is 42.8 Å². The number of benzene rings is 1. The van der Waals surface area contributed by atoms with Crippen molar-refractivity contribution in [3.8, 4) is 0 Å². The molecule has 33 heavy (non-hydrogen) atoms. The molecule has 0 bridgehead atoms. The summed E-state index contributed by atoms with van der Waals surface area (Å²) in [6.07, 6.45) is 3.96. The Balaban J connectivity index is 1.42. The van der Waals surface area contributed by atoms with Crippen LogP contribution in [0.4, 0.5) is 5.69 Å². The van der Waals surface area contributed by atoms with E-state index in [1.165, 1.54) is 10.4 Å². The molecule has 1 aliphatic heterocycles. The van der Waals surface area contributed by atoms with E-state index < -0.39 is 10.0 Å². The van der Waals surface area contributed by atoms with Crippen molar-refractivity contribution in [1.82, 2.24) is 19.9 Å². The molecule has 1 N–H and O–H groups in total. The Bertz CT molecular complexity index is 1490. The van der Waals surface area contributed by atoms with E-state index in [0.717, 1.165) is 22.2 Å². The molecule has 0 atom stereocenters. The van der Waals surface area contributed by atoms with Gasteiger partial charge in [-0.15, -0.1) is 0 Å². The maximum Gasteiger partial charge on any atom is 0.268 e. The second-order valence-corrected chi connectivity index (χ2v) is 9.84. The van der Waals surface area contributed by atoms with E-state index in [1.807, 2.05) is 30.3 Å². The van der Waals surface area contributed by atoms with Crippen LogP contribution < -0.4 is 9.62 Å². The molecule has 0 unspecified atom stereocenters. The molecule has 8 nitrogen and oxygen atoms in total. The molecule has 4 heterocycles. The van der Waals surface area contributed by atoms with Gasteiger partial charge >= 0.3 is 0 Å². The van der Waals surface area contributed by atoms with E-state index >= 15 is 0 Å². The van der Waals surface area contributed by atoms with Gasteiger partial charge in [-0.1, -0.05) is 18.2 Å². The molecule has 0 aliphatic carbocycles. The zero-order valence-corrected chi connectivity index (χ0v) is 19.1. The summed E-state index contributed by atoms with van der Waals surface area (Å²) in [5.74, 6) is -0.341. The molecule has 0 spiro atoms. The van der Waals surface area contributed by atoms with Crippen molar-refractivity contribution in [2.75, 3.05) is 10.8 Å². The molecule has 9 heteroatoms. The summed E-state index contributed by atoms with van der Waals surface area (Å²) >= 11 is 0. The highest BCUT2D eigenvalue weighted by Gasteiger charge is 2.34. The Hall–Kier alpha value is -3.72. The molecular formula is C24H23N5O3S. The molecule has 1 aromatic carbocycles. The molecule has 0 saturated carbocycles. The van der Waals surface area contributed by atoms with Crippen LogP contribution in [0.1, 0.15) is 27.4 Å². The number of fused-ring (bicyclic) bond motifs is 2. The lowest BCUT2D eigenvalue weighted by molar-refractivity contribution is 0.0942. The maximum atomic E-state index is 13.5. The highest BCUT2D eigenvalue weighted by molar-refractivity contribution is 7.93. The summed E-state index contributed by atoms with van der Waals surface area (Å²) in [4.78, 5) is 21.8. The number of carbonyl (C=O) groups is 1. The lowest BCUT2D eigenvalue weighted by Crippen LogP contribution is -2.29. The number of pyridine rings is 2. The number of hydrogen-bond acceptors (Lipinski definition) is 5. The van der Waals surface area contributed by atoms with Crippen LogP contribution in [0, 0.1) is 6.92 Å². The number of carbonyl (C=O) groups excluding carboxylic acids is 1. The van der Waals surface area contributed by atoms with Crippen LogP contribution in [0.15, 0.2) is 65.8 Å². The lowest BCUT2D eigenvalue weighted by Gasteiger charge is -2.19. The molecular weight excluding hydrogens is 438 g/mol. The minimum atomic E-state index is -3.83. The average Bonchev–Trinajstić information content (AvgIpc) is 3.40. The second kappa shape index (κ2) is 8.00. The first-order valence-electron chi connectivity index (χ1n) is 10.6. The third-order valence-corrected chi connectivity index (χ3v) is 8.08. The second-order valence-electron chi connectivity index (χ2n) is 8.00. The van der Waals surface area contributed by atoms with E-state index in [4.69, 9.17) is 0 Å². The number of aromatic nitrogens is 3. The lowest BCUT2D eigenvalue weighted by atomic mass is 10.1. The summed E-state index contributed by atoms with van der Waals surface area (Å²) in [6.45, 7) is 2.35. The van der Waals surface area contributed by atoms with Gasteiger partial charge in [-0.25, -0.2) is 8.42 Å². The normalized spacial score (nSPS) is 13.3. The number of hydrogen-bond donors (Lipinski definition) is 1. The molecule has 0 radical (unpaired) electrons. The molecule has 0 saturated heterocycles. The van der Waals surface area contributed by atoms with Gasteiger partial charge in [-0.3, -0.25) is 19.1 Å². The molecule has 5 rings (SSSR count). The molecule has 1 aliphatic rings. The van der Waals surface area contributed by atoms with E-state index in [-0.39, 0.29) is 16.5 Å². The van der Waals surface area contributed by atoms with Crippen LogP contribution in [0.2, 0.25) is 0 Å². The summed E-state index contributed by atoms with van der Waals surface area (Å²) < 4.78 is 30.0. The van der Waals surface area contributed by atoms with Crippen LogP contribution in [0.5, 0.6) is 0 Å². The Morgan fingerprint density at radius 3 is 2.73 bits per heavy atom. The fraction of sp³-hybridized carbons (Fsp3) is 0.208. The minimum Gasteiger partial charge on any atom is -0.347 e. The fourth-order valence-electron chi connectivity index (χ4n) is 4.28. The number of anilines is 1. The molecule has 3 aromatic heterocycles. The van der Waals surface area contributed by atoms with Gasteiger partial charge in [0.15, 0.2) is 0 Å². The van der Waals surface area contributed by atoms with Gasteiger partial charge in [0.2, 0.25) is 0 Å². The van der Waals surface area contributed by atoms with Crippen molar-refractivity contribution in [3.05, 3.63) is 83.6 Å². The number of nitrogens with zero attached hydrogens (tertiary/aromatic N) is 4. The van der Waals surface area contributed by atoms with Crippen molar-refractivity contribution in [2.45, 2.75) is 24.8 Å². The Morgan fingerprint density at radius 2 is 1.88 bits per heavy atom. The smallest absolute Gasteiger partial charge is 0.268 e. The van der Waals surface area contributed by atoms with E-state index in [9.17, 15) is 13.2 Å². The topological polar surface area (TPSA) is 97.2 Å². The van der Waals surface area contributed by atoms with Gasteiger partial charge in [-0.2, -0.15) is 0 Å². The Morgan fingerprint density at radius 1 is 1.09 bits per heavy atom. The largest absolute Gasteiger partial charge is 0.347 e. The minimum absolute atomic E-state index is 0.126. The van der Waals surface area contributed by atoms with Crippen molar-refractivity contribution >= 4 is 32.5 Å². The van der Waals surface area contributed by atoms with Gasteiger partial charge in [0.1, 0.15) is 10.6 Å². The zero-order chi connectivity index (χ0) is 23.2. The van der Waals surface area contributed by atoms with Crippen molar-refractivity contribution in [1.29, 1.82) is 0 Å². The van der Waals surface area contributed by atoms with Crippen LogP contribution >= 0.6 is 0 Å². The SMILES string of the molecule is Cc1c(S(=O)(=O)N2CCc3ncccc32)cc(C(=O)NCc2cccc3ncccc23)n1C. The van der Waals surface area contributed by atoms with Gasteiger partial charge in [0.25, 0.3) is 15.9 Å². The average molecular weight is 462 g/mol. The number of sulfonamides is 1. The van der Waals surface area contributed by atoms with E-state index in [1.54, 1.807) is 43.1 Å². The summed E-state index contributed by atoms with van der Waals surface area (Å²) in [7, 11) is -2.13. The van der Waals surface area contributed by atoms with Gasteiger partial charge < -0.3 is 9.88 Å². The van der Waals surface area contributed by atoms with Crippen LogP contribution in [-0.4, -0.2) is 35.4 Å². The molecule has 1 amide bonds. The van der Waals surface area contributed by atoms with E-state index in [0.29, 0.717) is 30.9 Å². The van der Waals surface area contributed by atoms with Crippen molar-refractivity contribution in [2.24, 2.45) is 7.05 Å². The summed E-state index contributed by atoms with van der Waals surface area (Å²) in [5, 5.41) is 3.89. The Kier molecular flexibility index (Phi) is 5.13. The predicted molar refractivity (Wildman–Crippen MR) is 126 cm³/mol. The third-order valence-electron chi connectivity index (χ3n) is 6.15. The maximum absolute atomic E-state index is 13.5. The quantitative estimate of drug-likeness (QED) is 0.493. The predicted octanol–water partition coefficient (Wildman–Crippen LogP) is 2.96. The first-order chi connectivity index (χ1) is 15.9. The standard InChI is InChI=1S/C24H23N5O3S/c1-16-23(33(31,32)29-13-10-20-21(29)9-5-12-26-20)14-22(28(16)2)24(30)27-15-17-6-3-8-19-18(17)7-4-11-25-19/h3-9,11-12,14H,10,13,15H2,1-2H3,(H,27,30). The zero-order valence-electron chi connectivity index (χ0n) is 18.3. The molecule has 168 valence electrons. The van der Waals surface area contributed by atoms with E-state index in [2.05, 4.69) is 15.3 Å². The summed E-state index contributed by atoms with van der Waals surface area (Å²) in [6, 6.07) is 14.5. The first-order valence-corrected chi connectivity index (χ1v) is 12.1. The number of rotatable bonds is 5. The van der Waals surface area contributed by atoms with Crippen LogP contribution in [-0.2, 0) is 30.0 Å². The third kappa shape index (κ3) is 3.54. The number of nitrogens with one attached hydrogen (secondary N) is 1. The van der Waals surface area contributed by atoms with Gasteiger partial charge in [0, 0.05) is 50.0 Å². The van der Waals surface area contributed by atoms with Crippen molar-refractivity contribution < 1.29 is 13.2 Å². The monoisotopic (exact) mass is 461 g/mol. The fourth-order valence-corrected chi connectivity index (χ4v) is 6.05. The Labute approximate surface area is 192 Å². The highest BCUT2D eigenvalue weighted by atomic mass is 32.2. The van der Waals surface area contributed by atoms with Crippen molar-refractivity contribution in [3.63, 3.8) is 0 Å². The summed E-state index contributed by atoms with van der Waals surface area (Å²) in [5.41, 5.74) is 3.94.